The van der Waals surface area contributed by atoms with Gasteiger partial charge in [-0.25, -0.2) is 4.68 Å². The van der Waals surface area contributed by atoms with Crippen LogP contribution in [-0.4, -0.2) is 51.3 Å². The topological polar surface area (TPSA) is 50.5 Å². The van der Waals surface area contributed by atoms with E-state index in [9.17, 15) is 18.3 Å². The van der Waals surface area contributed by atoms with Gasteiger partial charge in [-0.1, -0.05) is 6.42 Å². The van der Waals surface area contributed by atoms with Crippen molar-refractivity contribution in [3.8, 4) is 5.88 Å². The average molecular weight is 333 g/mol. The van der Waals surface area contributed by atoms with E-state index in [0.717, 1.165) is 32.1 Å². The summed E-state index contributed by atoms with van der Waals surface area (Å²) in [6.45, 7) is 1.55. The Bertz CT molecular complexity index is 542. The lowest BCUT2D eigenvalue weighted by molar-refractivity contribution is -0.173. The summed E-state index contributed by atoms with van der Waals surface area (Å²) in [5.41, 5.74) is -1.06. The van der Waals surface area contributed by atoms with E-state index in [-0.39, 0.29) is 11.5 Å². The van der Waals surface area contributed by atoms with Gasteiger partial charge in [0.15, 0.2) is 6.61 Å². The number of hydrogen-bond acceptors (Lipinski definition) is 4. The van der Waals surface area contributed by atoms with Crippen molar-refractivity contribution in [1.29, 1.82) is 0 Å². The van der Waals surface area contributed by atoms with Crippen molar-refractivity contribution in [1.82, 2.24) is 14.7 Å². The highest BCUT2D eigenvalue weighted by molar-refractivity contribution is 5.10. The molecule has 130 valence electrons. The van der Waals surface area contributed by atoms with Gasteiger partial charge in [0, 0.05) is 25.4 Å². The molecule has 1 aromatic heterocycles. The molecule has 1 saturated heterocycles. The Balaban J connectivity index is 1.77. The van der Waals surface area contributed by atoms with Gasteiger partial charge in [0.25, 0.3) is 0 Å². The van der Waals surface area contributed by atoms with E-state index < -0.39 is 18.4 Å². The Morgan fingerprint density at radius 3 is 2.48 bits per heavy atom. The summed E-state index contributed by atoms with van der Waals surface area (Å²) in [5.74, 6) is -0.0143. The van der Waals surface area contributed by atoms with Gasteiger partial charge in [-0.2, -0.15) is 13.2 Å². The molecule has 0 bridgehead atoms. The first-order valence-electron chi connectivity index (χ1n) is 7.93. The maximum atomic E-state index is 12.3. The van der Waals surface area contributed by atoms with E-state index in [1.165, 1.54) is 6.07 Å². The zero-order valence-corrected chi connectivity index (χ0v) is 13.1. The number of alkyl halides is 3. The minimum Gasteiger partial charge on any atom is -0.467 e. The minimum atomic E-state index is -4.37. The van der Waals surface area contributed by atoms with Crippen LogP contribution in [0.5, 0.6) is 5.88 Å². The van der Waals surface area contributed by atoms with Crippen molar-refractivity contribution in [3.05, 3.63) is 12.3 Å². The lowest BCUT2D eigenvalue weighted by Gasteiger charge is -2.56. The second kappa shape index (κ2) is 5.66. The normalized spacial score (nSPS) is 24.2. The molecule has 23 heavy (non-hydrogen) atoms. The molecule has 1 aliphatic heterocycles. The van der Waals surface area contributed by atoms with Crippen molar-refractivity contribution >= 4 is 0 Å². The number of ether oxygens (including phenoxy) is 1. The number of aromatic nitrogens is 2. The highest BCUT2D eigenvalue weighted by Crippen LogP contribution is 2.42. The van der Waals surface area contributed by atoms with Crippen LogP contribution in [0.15, 0.2) is 12.3 Å². The van der Waals surface area contributed by atoms with E-state index in [0.29, 0.717) is 13.1 Å². The first-order valence-corrected chi connectivity index (χ1v) is 7.93. The molecular weight excluding hydrogens is 311 g/mol. The standard InChI is InChI=1S/C15H22F3N3O2/c1-13(22)9-20(10-13)14(6-3-2-4-7-14)21-8-5-12(19-21)23-11-15(16,17)18/h5,8,22H,2-4,6-7,9-11H2,1H3. The molecule has 0 amide bonds. The Kier molecular flexibility index (Phi) is 4.08. The van der Waals surface area contributed by atoms with Gasteiger partial charge >= 0.3 is 6.18 Å². The van der Waals surface area contributed by atoms with E-state index in [4.69, 9.17) is 4.74 Å². The summed E-state index contributed by atoms with van der Waals surface area (Å²) in [7, 11) is 0. The SMILES string of the molecule is CC1(O)CN(C2(n3ccc(OCC(F)(F)F)n3)CCCCC2)C1. The number of nitrogens with zero attached hydrogens (tertiary/aromatic N) is 3. The van der Waals surface area contributed by atoms with Crippen LogP contribution in [0.2, 0.25) is 0 Å². The smallest absolute Gasteiger partial charge is 0.422 e. The molecule has 0 radical (unpaired) electrons. The number of aliphatic hydroxyl groups is 1. The highest BCUT2D eigenvalue weighted by atomic mass is 19.4. The summed E-state index contributed by atoms with van der Waals surface area (Å²) in [4.78, 5) is 2.17. The van der Waals surface area contributed by atoms with Crippen LogP contribution in [0.25, 0.3) is 0 Å². The Labute approximate surface area is 133 Å². The van der Waals surface area contributed by atoms with E-state index in [2.05, 4.69) is 10.00 Å². The number of halogens is 3. The molecule has 0 aromatic carbocycles. The third kappa shape index (κ3) is 3.47. The zero-order chi connectivity index (χ0) is 16.7. The van der Waals surface area contributed by atoms with Crippen LogP contribution in [-0.2, 0) is 5.66 Å². The van der Waals surface area contributed by atoms with Gasteiger partial charge < -0.3 is 9.84 Å². The van der Waals surface area contributed by atoms with E-state index in [1.54, 1.807) is 17.8 Å². The van der Waals surface area contributed by atoms with Gasteiger partial charge in [-0.05, 0) is 32.6 Å². The molecule has 1 aliphatic carbocycles. The monoisotopic (exact) mass is 333 g/mol. The largest absolute Gasteiger partial charge is 0.467 e. The summed E-state index contributed by atoms with van der Waals surface area (Å²) in [6.07, 6.45) is 2.29. The summed E-state index contributed by atoms with van der Waals surface area (Å²) >= 11 is 0. The van der Waals surface area contributed by atoms with Crippen molar-refractivity contribution in [2.75, 3.05) is 19.7 Å². The maximum absolute atomic E-state index is 12.3. The lowest BCUT2D eigenvalue weighted by Crippen LogP contribution is -2.68. The van der Waals surface area contributed by atoms with Gasteiger partial charge in [-0.3, -0.25) is 4.90 Å². The van der Waals surface area contributed by atoms with Gasteiger partial charge in [0.1, 0.15) is 5.66 Å². The molecule has 2 aliphatic rings. The molecule has 0 atom stereocenters. The first-order chi connectivity index (χ1) is 10.7. The maximum Gasteiger partial charge on any atom is 0.422 e. The van der Waals surface area contributed by atoms with Crippen LogP contribution in [0.1, 0.15) is 39.0 Å². The van der Waals surface area contributed by atoms with Crippen molar-refractivity contribution in [3.63, 3.8) is 0 Å². The molecule has 2 heterocycles. The molecule has 1 N–H and O–H groups in total. The van der Waals surface area contributed by atoms with Gasteiger partial charge in [-0.15, -0.1) is 5.10 Å². The van der Waals surface area contributed by atoms with Crippen LogP contribution in [0.4, 0.5) is 13.2 Å². The fourth-order valence-electron chi connectivity index (χ4n) is 3.65. The summed E-state index contributed by atoms with van der Waals surface area (Å²) < 4.78 is 43.2. The molecule has 3 rings (SSSR count). The second-order valence-corrected chi connectivity index (χ2v) is 6.90. The van der Waals surface area contributed by atoms with Crippen LogP contribution < -0.4 is 4.74 Å². The summed E-state index contributed by atoms with van der Waals surface area (Å²) in [6, 6.07) is 1.47. The highest BCUT2D eigenvalue weighted by Gasteiger charge is 2.50. The van der Waals surface area contributed by atoms with Gasteiger partial charge in [0.05, 0.1) is 5.60 Å². The third-order valence-electron chi connectivity index (χ3n) is 4.68. The fraction of sp³-hybridized carbons (Fsp3) is 0.800. The molecular formula is C15H22F3N3O2. The Hall–Kier alpha value is -1.28. The number of hydrogen-bond donors (Lipinski definition) is 1. The number of rotatable bonds is 4. The number of β-amino-alcohol motifs (C(OH)–C–C–N with tert-alkyl or cyclic N) is 1. The molecule has 0 unspecified atom stereocenters. The Morgan fingerprint density at radius 2 is 1.91 bits per heavy atom. The average Bonchev–Trinajstić information content (AvgIpc) is 2.92. The van der Waals surface area contributed by atoms with Crippen LogP contribution in [0.3, 0.4) is 0 Å². The van der Waals surface area contributed by atoms with Crippen LogP contribution >= 0.6 is 0 Å². The molecule has 2 fully saturated rings. The predicted octanol–water partition coefficient (Wildman–Crippen LogP) is 2.51. The predicted molar refractivity (Wildman–Crippen MR) is 77.0 cm³/mol. The Morgan fingerprint density at radius 1 is 1.26 bits per heavy atom. The van der Waals surface area contributed by atoms with Crippen molar-refractivity contribution in [2.24, 2.45) is 0 Å². The molecule has 8 heteroatoms. The van der Waals surface area contributed by atoms with Crippen molar-refractivity contribution in [2.45, 2.75) is 56.5 Å². The van der Waals surface area contributed by atoms with Crippen LogP contribution in [0, 0.1) is 0 Å². The lowest BCUT2D eigenvalue weighted by atomic mass is 9.82. The molecule has 1 saturated carbocycles. The van der Waals surface area contributed by atoms with E-state index >= 15 is 0 Å². The molecule has 1 aromatic rings. The van der Waals surface area contributed by atoms with Gasteiger partial charge in [0.2, 0.25) is 5.88 Å². The molecule has 0 spiro atoms. The zero-order valence-electron chi connectivity index (χ0n) is 13.1. The first kappa shape index (κ1) is 16.6. The molecule has 5 nitrogen and oxygen atoms in total. The number of likely N-dealkylation sites (tertiary alicyclic amines) is 1. The fourth-order valence-corrected chi connectivity index (χ4v) is 3.65. The second-order valence-electron chi connectivity index (χ2n) is 6.90. The minimum absolute atomic E-state index is 0.0143. The van der Waals surface area contributed by atoms with Crippen molar-refractivity contribution < 1.29 is 23.0 Å². The quantitative estimate of drug-likeness (QED) is 0.920. The summed E-state index contributed by atoms with van der Waals surface area (Å²) in [5, 5.41) is 14.3. The van der Waals surface area contributed by atoms with E-state index in [1.807, 2.05) is 0 Å². The third-order valence-corrected chi connectivity index (χ3v) is 4.68.